The Morgan fingerprint density at radius 2 is 2.11 bits per heavy atom. The van der Waals surface area contributed by atoms with Crippen molar-refractivity contribution in [1.29, 1.82) is 0 Å². The number of primary amides is 1. The monoisotopic (exact) mass is 394 g/mol. The molecule has 3 N–H and O–H groups in total. The van der Waals surface area contributed by atoms with Crippen molar-refractivity contribution < 1.29 is 14.4 Å². The van der Waals surface area contributed by atoms with E-state index in [-0.39, 0.29) is 36.7 Å². The van der Waals surface area contributed by atoms with Crippen molar-refractivity contribution in [3.05, 3.63) is 28.8 Å². The summed E-state index contributed by atoms with van der Waals surface area (Å²) in [7, 11) is 0. The van der Waals surface area contributed by atoms with Crippen molar-refractivity contribution in [2.24, 2.45) is 11.7 Å². The Kier molecular flexibility index (Phi) is 7.62. The van der Waals surface area contributed by atoms with Gasteiger partial charge in [0, 0.05) is 23.8 Å². The van der Waals surface area contributed by atoms with Crippen LogP contribution in [0.15, 0.2) is 18.2 Å². The second-order valence-electron chi connectivity index (χ2n) is 6.89. The summed E-state index contributed by atoms with van der Waals surface area (Å²) in [6.45, 7) is 5.52. The number of halogens is 1. The van der Waals surface area contributed by atoms with Gasteiger partial charge in [0.25, 0.3) is 0 Å². The first kappa shape index (κ1) is 21.2. The van der Waals surface area contributed by atoms with Crippen LogP contribution in [0.25, 0.3) is 0 Å². The van der Waals surface area contributed by atoms with E-state index in [0.29, 0.717) is 23.8 Å². The first-order valence-electron chi connectivity index (χ1n) is 9.15. The van der Waals surface area contributed by atoms with Gasteiger partial charge in [-0.2, -0.15) is 0 Å². The lowest BCUT2D eigenvalue weighted by Crippen LogP contribution is -2.48. The molecule has 0 saturated carbocycles. The van der Waals surface area contributed by atoms with Crippen molar-refractivity contribution in [2.75, 3.05) is 38.0 Å². The molecule has 1 saturated heterocycles. The maximum absolute atomic E-state index is 12.6. The lowest BCUT2D eigenvalue weighted by atomic mass is 9.97. The SMILES string of the molecule is CCN(CC(=O)Nc1cc(Cl)ccc1C)C(=O)CN1CCC[C@H](C(N)=O)C1. The Bertz CT molecular complexity index is 710. The highest BCUT2D eigenvalue weighted by Gasteiger charge is 2.26. The summed E-state index contributed by atoms with van der Waals surface area (Å²) in [5.41, 5.74) is 6.92. The fraction of sp³-hybridized carbons (Fsp3) is 0.526. The summed E-state index contributed by atoms with van der Waals surface area (Å²) in [6.07, 6.45) is 1.60. The summed E-state index contributed by atoms with van der Waals surface area (Å²) < 4.78 is 0. The normalized spacial score (nSPS) is 17.4. The van der Waals surface area contributed by atoms with Gasteiger partial charge in [-0.25, -0.2) is 0 Å². The molecule has 27 heavy (non-hydrogen) atoms. The van der Waals surface area contributed by atoms with Crippen molar-refractivity contribution in [2.45, 2.75) is 26.7 Å². The van der Waals surface area contributed by atoms with Crippen LogP contribution in [0.5, 0.6) is 0 Å². The molecular weight excluding hydrogens is 368 g/mol. The number of carbonyl (C=O) groups is 3. The molecule has 1 heterocycles. The Labute approximate surface area is 164 Å². The molecule has 0 unspecified atom stereocenters. The maximum Gasteiger partial charge on any atom is 0.244 e. The lowest BCUT2D eigenvalue weighted by molar-refractivity contribution is -0.136. The predicted octanol–water partition coefficient (Wildman–Crippen LogP) is 1.63. The van der Waals surface area contributed by atoms with Gasteiger partial charge in [0.15, 0.2) is 0 Å². The molecule has 1 aromatic carbocycles. The van der Waals surface area contributed by atoms with E-state index in [1.807, 2.05) is 24.8 Å². The molecule has 148 valence electrons. The number of benzene rings is 1. The van der Waals surface area contributed by atoms with Crippen LogP contribution >= 0.6 is 11.6 Å². The van der Waals surface area contributed by atoms with Gasteiger partial charge in [-0.15, -0.1) is 0 Å². The number of nitrogens with one attached hydrogen (secondary N) is 1. The number of nitrogens with zero attached hydrogens (tertiary/aromatic N) is 2. The highest BCUT2D eigenvalue weighted by atomic mass is 35.5. The van der Waals surface area contributed by atoms with Crippen LogP contribution in [0.4, 0.5) is 5.69 Å². The van der Waals surface area contributed by atoms with Crippen molar-refractivity contribution in [3.8, 4) is 0 Å². The zero-order valence-corrected chi connectivity index (χ0v) is 16.6. The fourth-order valence-corrected chi connectivity index (χ4v) is 3.36. The minimum Gasteiger partial charge on any atom is -0.369 e. The van der Waals surface area contributed by atoms with Crippen LogP contribution < -0.4 is 11.1 Å². The minimum absolute atomic E-state index is 0.0334. The average Bonchev–Trinajstić information content (AvgIpc) is 2.62. The molecule has 0 aromatic heterocycles. The minimum atomic E-state index is -0.323. The number of likely N-dealkylation sites (tertiary alicyclic amines) is 1. The first-order valence-corrected chi connectivity index (χ1v) is 9.53. The van der Waals surface area contributed by atoms with Gasteiger partial charge in [0.05, 0.1) is 19.0 Å². The van der Waals surface area contributed by atoms with Crippen molar-refractivity contribution >= 4 is 35.0 Å². The molecule has 0 aliphatic carbocycles. The van der Waals surface area contributed by atoms with Gasteiger partial charge in [0.1, 0.15) is 0 Å². The van der Waals surface area contributed by atoms with Gasteiger partial charge in [-0.1, -0.05) is 17.7 Å². The molecule has 1 aliphatic rings. The lowest BCUT2D eigenvalue weighted by Gasteiger charge is -2.32. The van der Waals surface area contributed by atoms with Crippen LogP contribution in [0, 0.1) is 12.8 Å². The first-order chi connectivity index (χ1) is 12.8. The molecule has 8 heteroatoms. The van der Waals surface area contributed by atoms with Crippen LogP contribution in [0.1, 0.15) is 25.3 Å². The van der Waals surface area contributed by atoms with Crippen LogP contribution in [0.3, 0.4) is 0 Å². The van der Waals surface area contributed by atoms with E-state index >= 15 is 0 Å². The zero-order valence-electron chi connectivity index (χ0n) is 15.8. The van der Waals surface area contributed by atoms with E-state index in [0.717, 1.165) is 24.9 Å². The van der Waals surface area contributed by atoms with E-state index < -0.39 is 0 Å². The number of aryl methyl sites for hydroxylation is 1. The zero-order chi connectivity index (χ0) is 20.0. The number of hydrogen-bond donors (Lipinski definition) is 2. The Hall–Kier alpha value is -2.12. The largest absolute Gasteiger partial charge is 0.369 e. The summed E-state index contributed by atoms with van der Waals surface area (Å²) >= 11 is 5.97. The topological polar surface area (TPSA) is 95.7 Å². The van der Waals surface area contributed by atoms with E-state index in [1.165, 1.54) is 4.90 Å². The summed E-state index contributed by atoms with van der Waals surface area (Å²) in [6, 6.07) is 5.27. The summed E-state index contributed by atoms with van der Waals surface area (Å²) in [4.78, 5) is 39.8. The highest BCUT2D eigenvalue weighted by Crippen LogP contribution is 2.20. The molecule has 1 atom stereocenters. The van der Waals surface area contributed by atoms with E-state index in [9.17, 15) is 14.4 Å². The van der Waals surface area contributed by atoms with Crippen LogP contribution in [0.2, 0.25) is 5.02 Å². The van der Waals surface area contributed by atoms with Gasteiger partial charge < -0.3 is 16.0 Å². The average molecular weight is 395 g/mol. The number of anilines is 1. The Balaban J connectivity index is 1.91. The molecule has 0 radical (unpaired) electrons. The predicted molar refractivity (Wildman–Crippen MR) is 105 cm³/mol. The molecule has 2 rings (SSSR count). The molecule has 7 nitrogen and oxygen atoms in total. The number of rotatable bonds is 7. The molecule has 0 spiro atoms. The molecule has 1 aliphatic heterocycles. The molecule has 1 fully saturated rings. The summed E-state index contributed by atoms with van der Waals surface area (Å²) in [5, 5.41) is 3.34. The summed E-state index contributed by atoms with van der Waals surface area (Å²) in [5.74, 6) is -0.948. The highest BCUT2D eigenvalue weighted by molar-refractivity contribution is 6.31. The van der Waals surface area contributed by atoms with Crippen LogP contribution in [-0.2, 0) is 14.4 Å². The van der Waals surface area contributed by atoms with Gasteiger partial charge in [-0.05, 0) is 50.9 Å². The van der Waals surface area contributed by atoms with Gasteiger partial charge >= 0.3 is 0 Å². The molecule has 1 aromatic rings. The number of likely N-dealkylation sites (N-methyl/N-ethyl adjacent to an activating group) is 1. The second kappa shape index (κ2) is 9.71. The third kappa shape index (κ3) is 6.22. The number of nitrogens with two attached hydrogens (primary N) is 1. The van der Waals surface area contributed by atoms with Gasteiger partial charge in [0.2, 0.25) is 17.7 Å². The third-order valence-electron chi connectivity index (χ3n) is 4.81. The number of carbonyl (C=O) groups excluding carboxylic acids is 3. The van der Waals surface area contributed by atoms with E-state index in [4.69, 9.17) is 17.3 Å². The fourth-order valence-electron chi connectivity index (χ4n) is 3.19. The smallest absolute Gasteiger partial charge is 0.244 e. The second-order valence-corrected chi connectivity index (χ2v) is 7.33. The third-order valence-corrected chi connectivity index (χ3v) is 5.04. The molecule has 3 amide bonds. The van der Waals surface area contributed by atoms with E-state index in [2.05, 4.69) is 5.32 Å². The maximum atomic E-state index is 12.6. The Morgan fingerprint density at radius 1 is 1.37 bits per heavy atom. The number of piperidine rings is 1. The number of hydrogen-bond acceptors (Lipinski definition) is 4. The standard InChI is InChI=1S/C19H27ClN4O3/c1-3-24(11-17(25)22-16-9-15(20)7-6-13(16)2)18(26)12-23-8-4-5-14(10-23)19(21)27/h6-7,9,14H,3-5,8,10-12H2,1-2H3,(H2,21,27)(H,22,25)/t14-/m0/s1. The number of amides is 3. The Morgan fingerprint density at radius 3 is 2.78 bits per heavy atom. The molecular formula is C19H27ClN4O3. The quantitative estimate of drug-likeness (QED) is 0.734. The van der Waals surface area contributed by atoms with Crippen LogP contribution in [-0.4, -0.2) is 60.2 Å². The van der Waals surface area contributed by atoms with Crippen molar-refractivity contribution in [1.82, 2.24) is 9.80 Å². The van der Waals surface area contributed by atoms with Crippen molar-refractivity contribution in [3.63, 3.8) is 0 Å². The van der Waals surface area contributed by atoms with E-state index in [1.54, 1.807) is 12.1 Å². The molecule has 0 bridgehead atoms. The van der Waals surface area contributed by atoms with Gasteiger partial charge in [-0.3, -0.25) is 19.3 Å².